The lowest BCUT2D eigenvalue weighted by Gasteiger charge is -2.32. The third-order valence-electron chi connectivity index (χ3n) is 5.84. The van der Waals surface area contributed by atoms with Crippen LogP contribution < -0.4 is 11.1 Å². The fourth-order valence-electron chi connectivity index (χ4n) is 3.75. The predicted molar refractivity (Wildman–Crippen MR) is 130 cm³/mol. The van der Waals surface area contributed by atoms with Crippen LogP contribution in [0.15, 0.2) is 29.8 Å². The van der Waals surface area contributed by atoms with Gasteiger partial charge in [-0.15, -0.1) is 23.7 Å². The van der Waals surface area contributed by atoms with E-state index in [1.165, 1.54) is 4.90 Å². The summed E-state index contributed by atoms with van der Waals surface area (Å²) < 4.78 is 0. The minimum absolute atomic E-state index is 0. The van der Waals surface area contributed by atoms with Crippen molar-refractivity contribution >= 4 is 35.6 Å². The molecule has 0 saturated carbocycles. The Labute approximate surface area is 199 Å². The lowest BCUT2D eigenvalue weighted by molar-refractivity contribution is -0.141. The molecule has 4 N–H and O–H groups in total. The first-order chi connectivity index (χ1) is 14.5. The van der Waals surface area contributed by atoms with E-state index in [0.717, 1.165) is 21.7 Å². The van der Waals surface area contributed by atoms with Crippen LogP contribution in [0.4, 0.5) is 0 Å². The third kappa shape index (κ3) is 5.67. The highest BCUT2D eigenvalue weighted by molar-refractivity contribution is 7.13. The molecule has 176 valence electrons. The summed E-state index contributed by atoms with van der Waals surface area (Å²) in [5, 5.41) is 13.1. The number of aromatic nitrogens is 1. The molecule has 9 heteroatoms. The lowest BCUT2D eigenvalue weighted by atomic mass is 9.86. The molecule has 32 heavy (non-hydrogen) atoms. The molecule has 4 atom stereocenters. The number of aliphatic hydroxyl groups is 1. The van der Waals surface area contributed by atoms with Gasteiger partial charge in [0, 0.05) is 13.0 Å². The number of likely N-dealkylation sites (tertiary alicyclic amines) is 1. The number of aryl methyl sites for hydroxylation is 1. The number of hydrogen-bond donors (Lipinski definition) is 3. The van der Waals surface area contributed by atoms with E-state index in [2.05, 4.69) is 10.3 Å². The molecule has 0 spiro atoms. The summed E-state index contributed by atoms with van der Waals surface area (Å²) in [5.74, 6) is -0.581. The average Bonchev–Trinajstić information content (AvgIpc) is 3.31. The predicted octanol–water partition coefficient (Wildman–Crippen LogP) is 3.05. The Kier molecular flexibility index (Phi) is 8.44. The number of amides is 2. The topological polar surface area (TPSA) is 109 Å². The van der Waals surface area contributed by atoms with Crippen molar-refractivity contribution in [2.24, 2.45) is 11.1 Å². The summed E-state index contributed by atoms with van der Waals surface area (Å²) in [7, 11) is 0. The van der Waals surface area contributed by atoms with Gasteiger partial charge in [0.1, 0.15) is 6.04 Å². The summed E-state index contributed by atoms with van der Waals surface area (Å²) in [6.07, 6.45) is -0.519. The quantitative estimate of drug-likeness (QED) is 0.609. The van der Waals surface area contributed by atoms with E-state index in [9.17, 15) is 14.7 Å². The van der Waals surface area contributed by atoms with Crippen LogP contribution in [0.1, 0.15) is 51.4 Å². The molecular formula is C23H33ClN4O3S. The van der Waals surface area contributed by atoms with Crippen LogP contribution in [0.3, 0.4) is 0 Å². The highest BCUT2D eigenvalue weighted by Gasteiger charge is 2.42. The van der Waals surface area contributed by atoms with Crippen molar-refractivity contribution in [3.05, 3.63) is 41.0 Å². The number of nitrogens with zero attached hydrogens (tertiary/aromatic N) is 2. The minimum atomic E-state index is -0.742. The Morgan fingerprint density at radius 2 is 1.91 bits per heavy atom. The molecule has 2 heterocycles. The summed E-state index contributed by atoms with van der Waals surface area (Å²) in [6, 6.07) is 6.32. The van der Waals surface area contributed by atoms with Gasteiger partial charge in [-0.1, -0.05) is 45.0 Å². The fraction of sp³-hybridized carbons (Fsp3) is 0.522. The van der Waals surface area contributed by atoms with Gasteiger partial charge in [0.25, 0.3) is 0 Å². The molecule has 1 aromatic carbocycles. The number of carbonyl (C=O) groups is 2. The van der Waals surface area contributed by atoms with E-state index in [1.54, 1.807) is 11.3 Å². The first kappa shape index (κ1) is 26.3. The van der Waals surface area contributed by atoms with Crippen molar-refractivity contribution < 1.29 is 14.7 Å². The first-order valence-corrected chi connectivity index (χ1v) is 11.4. The second-order valence-corrected chi connectivity index (χ2v) is 10.2. The van der Waals surface area contributed by atoms with Crippen LogP contribution >= 0.6 is 23.7 Å². The molecule has 1 fully saturated rings. The molecule has 1 aliphatic rings. The second-order valence-electron chi connectivity index (χ2n) is 9.36. The highest BCUT2D eigenvalue weighted by Crippen LogP contribution is 2.29. The molecule has 2 amide bonds. The average molecular weight is 481 g/mol. The van der Waals surface area contributed by atoms with Crippen molar-refractivity contribution in [1.29, 1.82) is 0 Å². The van der Waals surface area contributed by atoms with E-state index < -0.39 is 23.6 Å². The Balaban J connectivity index is 0.00000363. The van der Waals surface area contributed by atoms with E-state index in [0.29, 0.717) is 0 Å². The zero-order valence-electron chi connectivity index (χ0n) is 19.2. The zero-order valence-corrected chi connectivity index (χ0v) is 20.8. The van der Waals surface area contributed by atoms with Crippen LogP contribution in [0.2, 0.25) is 0 Å². The molecule has 7 nitrogen and oxygen atoms in total. The van der Waals surface area contributed by atoms with Crippen LogP contribution in [-0.2, 0) is 9.59 Å². The molecule has 0 bridgehead atoms. The number of nitrogens with two attached hydrogens (primary N) is 1. The summed E-state index contributed by atoms with van der Waals surface area (Å²) in [4.78, 5) is 32.7. The number of halogens is 1. The smallest absolute Gasteiger partial charge is 0.243 e. The number of nitrogens with one attached hydrogen (secondary N) is 1. The van der Waals surface area contributed by atoms with Crippen molar-refractivity contribution in [3.8, 4) is 10.4 Å². The van der Waals surface area contributed by atoms with Gasteiger partial charge in [0.2, 0.25) is 11.8 Å². The molecule has 2 unspecified atom stereocenters. The molecular weight excluding hydrogens is 448 g/mol. The molecule has 0 aliphatic carbocycles. The standard InChI is InChI=1S/C23H32N4O3S.ClH/c1-13(15-6-8-16(9-7-15)19-14(2)25-12-31-19)26-21(29)18-10-17(28)11-27(18)22(30)20(24)23(3,4)5;/h6-9,12-13,17-18,20,28H,10-11,24H2,1-5H3,(H,26,29);1H/t13?,17-,18-,20?;/m1./s1. The van der Waals surface area contributed by atoms with E-state index in [1.807, 2.05) is 64.4 Å². The van der Waals surface area contributed by atoms with Crippen LogP contribution in [-0.4, -0.2) is 51.5 Å². The van der Waals surface area contributed by atoms with Crippen LogP contribution in [0.5, 0.6) is 0 Å². The van der Waals surface area contributed by atoms with Gasteiger partial charge in [0.15, 0.2) is 0 Å². The maximum absolute atomic E-state index is 13.0. The number of carbonyl (C=O) groups excluding carboxylic acids is 2. The van der Waals surface area contributed by atoms with E-state index in [-0.39, 0.29) is 43.2 Å². The summed E-state index contributed by atoms with van der Waals surface area (Å²) in [6.45, 7) is 9.67. The van der Waals surface area contributed by atoms with Gasteiger partial charge in [-0.25, -0.2) is 4.98 Å². The molecule has 2 aromatic rings. The van der Waals surface area contributed by atoms with Crippen LogP contribution in [0.25, 0.3) is 10.4 Å². The Hall–Kier alpha value is -2.00. The first-order valence-electron chi connectivity index (χ1n) is 10.5. The number of rotatable bonds is 5. The molecule has 1 aromatic heterocycles. The Bertz CT molecular complexity index is 941. The largest absolute Gasteiger partial charge is 0.391 e. The van der Waals surface area contributed by atoms with Crippen molar-refractivity contribution in [2.75, 3.05) is 6.54 Å². The van der Waals surface area contributed by atoms with Gasteiger partial charge in [-0.3, -0.25) is 9.59 Å². The van der Waals surface area contributed by atoms with Gasteiger partial charge >= 0.3 is 0 Å². The Morgan fingerprint density at radius 1 is 1.28 bits per heavy atom. The highest BCUT2D eigenvalue weighted by atomic mass is 35.5. The summed E-state index contributed by atoms with van der Waals surface area (Å²) >= 11 is 1.60. The van der Waals surface area contributed by atoms with Crippen molar-refractivity contribution in [3.63, 3.8) is 0 Å². The number of benzene rings is 1. The van der Waals surface area contributed by atoms with Gasteiger partial charge in [-0.2, -0.15) is 0 Å². The van der Waals surface area contributed by atoms with E-state index >= 15 is 0 Å². The molecule has 0 radical (unpaired) electrons. The van der Waals surface area contributed by atoms with Gasteiger partial charge in [0.05, 0.1) is 34.3 Å². The van der Waals surface area contributed by atoms with Crippen molar-refractivity contribution in [2.45, 2.75) is 65.3 Å². The van der Waals surface area contributed by atoms with Crippen molar-refractivity contribution in [1.82, 2.24) is 15.2 Å². The number of aliphatic hydroxyl groups excluding tert-OH is 1. The minimum Gasteiger partial charge on any atom is -0.391 e. The zero-order chi connectivity index (χ0) is 22.9. The number of thiazole rings is 1. The van der Waals surface area contributed by atoms with E-state index in [4.69, 9.17) is 5.73 Å². The maximum atomic E-state index is 13.0. The third-order valence-corrected chi connectivity index (χ3v) is 6.82. The summed E-state index contributed by atoms with van der Waals surface area (Å²) in [5.41, 5.74) is 10.6. The molecule has 3 rings (SSSR count). The number of hydrogen-bond acceptors (Lipinski definition) is 6. The molecule has 1 saturated heterocycles. The molecule has 1 aliphatic heterocycles. The van der Waals surface area contributed by atoms with Crippen LogP contribution in [0, 0.1) is 12.3 Å². The second kappa shape index (κ2) is 10.3. The maximum Gasteiger partial charge on any atom is 0.243 e. The lowest BCUT2D eigenvalue weighted by Crippen LogP contribution is -2.55. The van der Waals surface area contributed by atoms with Gasteiger partial charge in [-0.05, 0) is 30.4 Å². The SMILES string of the molecule is Cc1ncsc1-c1ccc(C(C)NC(=O)[C@H]2C[C@@H](O)CN2C(=O)C(N)C(C)(C)C)cc1.Cl. The monoisotopic (exact) mass is 480 g/mol. The normalized spacial score (nSPS) is 20.4. The number of β-amino-alcohol motifs (C(OH)–C–C–N with tert-alkyl or cyclic N) is 1. The Morgan fingerprint density at radius 3 is 2.44 bits per heavy atom. The van der Waals surface area contributed by atoms with Gasteiger partial charge < -0.3 is 21.1 Å². The fourth-order valence-corrected chi connectivity index (χ4v) is 4.56.